The van der Waals surface area contributed by atoms with Crippen molar-refractivity contribution in [3.8, 4) is 0 Å². The number of rotatable bonds is 7. The van der Waals surface area contributed by atoms with Crippen LogP contribution in [0.4, 0.5) is 0 Å². The molecule has 0 fully saturated rings. The third-order valence-corrected chi connectivity index (χ3v) is 3.21. The van der Waals surface area contributed by atoms with Crippen LogP contribution in [0.2, 0.25) is 0 Å². The summed E-state index contributed by atoms with van der Waals surface area (Å²) in [7, 11) is 0. The van der Waals surface area contributed by atoms with Crippen molar-refractivity contribution in [3.05, 3.63) is 0 Å². The zero-order valence-corrected chi connectivity index (χ0v) is 10.4. The first-order valence-corrected chi connectivity index (χ1v) is 5.68. The first-order valence-electron chi connectivity index (χ1n) is 5.68. The van der Waals surface area contributed by atoms with E-state index in [0.717, 1.165) is 17.5 Å². The van der Waals surface area contributed by atoms with Crippen LogP contribution in [0.15, 0.2) is 0 Å². The second-order valence-electron chi connectivity index (χ2n) is 3.49. The van der Waals surface area contributed by atoms with Gasteiger partial charge in [0.05, 0.1) is 26.2 Å². The van der Waals surface area contributed by atoms with Crippen molar-refractivity contribution in [2.75, 3.05) is 26.2 Å². The molecule has 0 spiro atoms. The van der Waals surface area contributed by atoms with E-state index in [1.807, 2.05) is 0 Å². The van der Waals surface area contributed by atoms with Gasteiger partial charge in [0.1, 0.15) is 0 Å². The maximum absolute atomic E-state index is 5.80. The van der Waals surface area contributed by atoms with Gasteiger partial charge in [0.2, 0.25) is 0 Å². The zero-order chi connectivity index (χ0) is 10.3. The van der Waals surface area contributed by atoms with Gasteiger partial charge in [-0.2, -0.15) is 0 Å². The number of hydrogen-bond donors (Lipinski definition) is 0. The summed E-state index contributed by atoms with van der Waals surface area (Å²) in [6.07, 6.45) is 1.51. The Hall–Kier alpha value is -0.120. The number of hydrogen-bond acceptors (Lipinski definition) is 2. The monoisotopic (exact) mass is 205 g/mol. The first-order chi connectivity index (χ1) is 6.20. The highest BCUT2D eigenvalue weighted by atomic mass is 16.5. The Balaban J connectivity index is 0. The molecule has 0 aliphatic heterocycles. The van der Waals surface area contributed by atoms with E-state index >= 15 is 0 Å². The Morgan fingerprint density at radius 3 is 1.57 bits per heavy atom. The van der Waals surface area contributed by atoms with E-state index in [4.69, 9.17) is 4.74 Å². The topological polar surface area (TPSA) is 39.2 Å². The van der Waals surface area contributed by atoms with E-state index in [1.165, 1.54) is 19.6 Å². The van der Waals surface area contributed by atoms with Crippen molar-refractivity contribution >= 4 is 0 Å². The highest BCUT2D eigenvalue weighted by Crippen LogP contribution is 2.17. The quantitative estimate of drug-likeness (QED) is 0.473. The highest BCUT2D eigenvalue weighted by Gasteiger charge is 2.31. The molecule has 14 heavy (non-hydrogen) atoms. The van der Waals surface area contributed by atoms with Crippen molar-refractivity contribution in [1.82, 2.24) is 0 Å². The Morgan fingerprint density at radius 1 is 0.929 bits per heavy atom. The molecule has 0 amide bonds. The molecule has 0 aliphatic carbocycles. The fraction of sp³-hybridized carbons (Fsp3) is 1.00. The molecule has 0 aromatic heterocycles. The molecule has 3 heteroatoms. The smallest absolute Gasteiger partial charge is 0.192 e. The van der Waals surface area contributed by atoms with E-state index in [-0.39, 0.29) is 5.48 Å². The number of ether oxygens (including phenoxy) is 1. The van der Waals surface area contributed by atoms with Gasteiger partial charge in [-0.1, -0.05) is 6.92 Å². The van der Waals surface area contributed by atoms with Gasteiger partial charge in [0, 0.05) is 6.42 Å². The van der Waals surface area contributed by atoms with Gasteiger partial charge in [-0.15, -0.1) is 0 Å². The van der Waals surface area contributed by atoms with Gasteiger partial charge in [-0.3, -0.25) is 4.48 Å². The summed E-state index contributed by atoms with van der Waals surface area (Å²) in [5, 5.41) is 0. The predicted molar refractivity (Wildman–Crippen MR) is 59.5 cm³/mol. The molecule has 0 aromatic carbocycles. The summed E-state index contributed by atoms with van der Waals surface area (Å²) < 4.78 is 6.90. The van der Waals surface area contributed by atoms with Crippen LogP contribution < -0.4 is 0 Å². The van der Waals surface area contributed by atoms with Crippen molar-refractivity contribution in [3.63, 3.8) is 0 Å². The Morgan fingerprint density at radius 2 is 1.36 bits per heavy atom. The van der Waals surface area contributed by atoms with Crippen molar-refractivity contribution in [1.29, 1.82) is 0 Å². The molecule has 0 heterocycles. The van der Waals surface area contributed by atoms with Crippen LogP contribution in [0, 0.1) is 0 Å². The minimum atomic E-state index is 0. The Labute approximate surface area is 89.0 Å². The molecule has 1 unspecified atom stereocenters. The summed E-state index contributed by atoms with van der Waals surface area (Å²) in [6.45, 7) is 15.4. The van der Waals surface area contributed by atoms with Gasteiger partial charge in [0.25, 0.3) is 0 Å². The highest BCUT2D eigenvalue weighted by molar-refractivity contribution is 4.45. The minimum absolute atomic E-state index is 0. The lowest BCUT2D eigenvalue weighted by Gasteiger charge is -2.41. The van der Waals surface area contributed by atoms with Crippen molar-refractivity contribution in [2.24, 2.45) is 0 Å². The second kappa shape index (κ2) is 8.21. The lowest BCUT2D eigenvalue weighted by atomic mass is 10.2. The van der Waals surface area contributed by atoms with Crippen LogP contribution in [0.25, 0.3) is 0 Å². The standard InChI is InChI=1S/C11H26NO.H2O/c1-6-11(13-10-5)12(7-2,8-3)9-4;/h11H,6-10H2,1-5H3;1H2/q+1;/p-1. The summed E-state index contributed by atoms with van der Waals surface area (Å²) >= 11 is 0. The number of quaternary nitrogens is 1. The molecule has 1 N–H and O–H groups in total. The van der Waals surface area contributed by atoms with Crippen molar-refractivity contribution in [2.45, 2.75) is 47.3 Å². The summed E-state index contributed by atoms with van der Waals surface area (Å²) in [5.74, 6) is 0. The lowest BCUT2D eigenvalue weighted by molar-refractivity contribution is -0.967. The molecule has 3 nitrogen and oxygen atoms in total. The Kier molecular flexibility index (Phi) is 9.57. The maximum atomic E-state index is 5.80. The molecule has 0 saturated carbocycles. The van der Waals surface area contributed by atoms with Gasteiger partial charge < -0.3 is 10.2 Å². The largest absolute Gasteiger partial charge is 0.870 e. The average Bonchev–Trinajstić information content (AvgIpc) is 2.19. The first kappa shape index (κ1) is 16.3. The van der Waals surface area contributed by atoms with Crippen LogP contribution in [0.1, 0.15) is 41.0 Å². The minimum Gasteiger partial charge on any atom is -0.870 e. The molecule has 0 rings (SSSR count). The molecular weight excluding hydrogens is 178 g/mol. The fourth-order valence-electron chi connectivity index (χ4n) is 2.14. The summed E-state index contributed by atoms with van der Waals surface area (Å²) in [6, 6.07) is 0. The normalized spacial score (nSPS) is 13.5. The van der Waals surface area contributed by atoms with E-state index in [0.29, 0.717) is 6.23 Å². The third kappa shape index (κ3) is 3.56. The average molecular weight is 205 g/mol. The van der Waals surface area contributed by atoms with E-state index in [1.54, 1.807) is 0 Å². The Bertz CT molecular complexity index is 116. The molecule has 1 atom stereocenters. The molecule has 0 aromatic rings. The van der Waals surface area contributed by atoms with E-state index in [9.17, 15) is 0 Å². The van der Waals surface area contributed by atoms with Gasteiger partial charge in [-0.05, 0) is 27.7 Å². The third-order valence-electron chi connectivity index (χ3n) is 3.21. The second-order valence-corrected chi connectivity index (χ2v) is 3.49. The lowest BCUT2D eigenvalue weighted by Crippen LogP contribution is -2.56. The summed E-state index contributed by atoms with van der Waals surface area (Å²) in [4.78, 5) is 0. The summed E-state index contributed by atoms with van der Waals surface area (Å²) in [5.41, 5.74) is 0. The van der Waals surface area contributed by atoms with Gasteiger partial charge in [0.15, 0.2) is 6.23 Å². The van der Waals surface area contributed by atoms with Gasteiger partial charge >= 0.3 is 0 Å². The molecular formula is C11H27NO2. The van der Waals surface area contributed by atoms with E-state index in [2.05, 4.69) is 34.6 Å². The fourth-order valence-corrected chi connectivity index (χ4v) is 2.14. The van der Waals surface area contributed by atoms with Crippen molar-refractivity contribution < 1.29 is 14.7 Å². The van der Waals surface area contributed by atoms with Crippen LogP contribution in [0.5, 0.6) is 0 Å². The van der Waals surface area contributed by atoms with Crippen LogP contribution in [0.3, 0.4) is 0 Å². The van der Waals surface area contributed by atoms with Gasteiger partial charge in [-0.25, -0.2) is 0 Å². The van der Waals surface area contributed by atoms with Crippen LogP contribution in [-0.2, 0) is 4.74 Å². The predicted octanol–water partition coefficient (Wildman–Crippen LogP) is 2.46. The van der Waals surface area contributed by atoms with Crippen LogP contribution >= 0.6 is 0 Å². The van der Waals surface area contributed by atoms with Crippen LogP contribution in [-0.4, -0.2) is 42.4 Å². The van der Waals surface area contributed by atoms with E-state index < -0.39 is 0 Å². The number of nitrogens with zero attached hydrogens (tertiary/aromatic N) is 1. The molecule has 0 bridgehead atoms. The molecule has 0 radical (unpaired) electrons. The molecule has 0 saturated heterocycles. The zero-order valence-electron chi connectivity index (χ0n) is 10.4. The SMILES string of the molecule is CCOC(CC)[N+](CC)(CC)CC.[OH-]. The molecule has 88 valence electrons. The maximum Gasteiger partial charge on any atom is 0.192 e. The molecule has 0 aliphatic rings.